The predicted octanol–water partition coefficient (Wildman–Crippen LogP) is 1.46. The van der Waals surface area contributed by atoms with E-state index in [1.54, 1.807) is 14.2 Å². The normalized spacial score (nSPS) is 18.5. The van der Waals surface area contributed by atoms with E-state index in [4.69, 9.17) is 9.47 Å². The number of amides is 1. The smallest absolute Gasteiger partial charge is 0.220 e. The molecule has 1 aliphatic heterocycles. The second kappa shape index (κ2) is 7.31. The maximum absolute atomic E-state index is 12.0. The predicted molar refractivity (Wildman–Crippen MR) is 81.9 cm³/mol. The van der Waals surface area contributed by atoms with Crippen molar-refractivity contribution in [2.45, 2.75) is 25.3 Å². The van der Waals surface area contributed by atoms with Crippen LogP contribution in [0.15, 0.2) is 18.2 Å². The first-order valence-corrected chi connectivity index (χ1v) is 7.31. The van der Waals surface area contributed by atoms with Crippen molar-refractivity contribution in [2.24, 2.45) is 0 Å². The van der Waals surface area contributed by atoms with Crippen molar-refractivity contribution < 1.29 is 14.3 Å². The zero-order valence-corrected chi connectivity index (χ0v) is 13.0. The Morgan fingerprint density at radius 1 is 1.33 bits per heavy atom. The van der Waals surface area contributed by atoms with Crippen LogP contribution in [0.2, 0.25) is 0 Å². The molecular weight excluding hydrogens is 268 g/mol. The minimum Gasteiger partial charge on any atom is -0.493 e. The number of likely N-dealkylation sites (tertiary alicyclic amines) is 1. The van der Waals surface area contributed by atoms with Crippen molar-refractivity contribution in [3.8, 4) is 11.5 Å². The summed E-state index contributed by atoms with van der Waals surface area (Å²) in [6.07, 6.45) is 2.24. The summed E-state index contributed by atoms with van der Waals surface area (Å²) in [6.45, 7) is 2.00. The molecule has 0 bridgehead atoms. The number of benzene rings is 1. The average Bonchev–Trinajstić information content (AvgIpc) is 2.89. The van der Waals surface area contributed by atoms with Gasteiger partial charge in [-0.05, 0) is 44.1 Å². The molecule has 1 atom stereocenters. The second-order valence-corrected chi connectivity index (χ2v) is 5.50. The van der Waals surface area contributed by atoms with Gasteiger partial charge in [0.15, 0.2) is 11.5 Å². The summed E-state index contributed by atoms with van der Waals surface area (Å²) in [7, 11) is 5.31. The molecule has 5 heteroatoms. The van der Waals surface area contributed by atoms with E-state index in [1.165, 1.54) is 0 Å². The lowest BCUT2D eigenvalue weighted by atomic mass is 10.1. The van der Waals surface area contributed by atoms with Crippen molar-refractivity contribution in [1.29, 1.82) is 0 Å². The van der Waals surface area contributed by atoms with Crippen molar-refractivity contribution in [3.63, 3.8) is 0 Å². The summed E-state index contributed by atoms with van der Waals surface area (Å²) in [5.41, 5.74) is 1.08. The van der Waals surface area contributed by atoms with Crippen LogP contribution in [-0.4, -0.2) is 51.2 Å². The maximum atomic E-state index is 12.0. The number of ether oxygens (including phenoxy) is 2. The molecule has 116 valence electrons. The van der Waals surface area contributed by atoms with E-state index in [0.29, 0.717) is 30.4 Å². The molecule has 5 nitrogen and oxygen atoms in total. The van der Waals surface area contributed by atoms with Crippen molar-refractivity contribution in [2.75, 3.05) is 34.4 Å². The fraction of sp³-hybridized carbons (Fsp3) is 0.562. The summed E-state index contributed by atoms with van der Waals surface area (Å²) in [5.74, 6) is 1.53. The molecule has 1 amide bonds. The van der Waals surface area contributed by atoms with Crippen molar-refractivity contribution >= 4 is 5.91 Å². The van der Waals surface area contributed by atoms with Crippen LogP contribution in [0.4, 0.5) is 0 Å². The Morgan fingerprint density at radius 2 is 2.10 bits per heavy atom. The second-order valence-electron chi connectivity index (χ2n) is 5.50. The third-order valence-electron chi connectivity index (χ3n) is 3.85. The van der Waals surface area contributed by atoms with Crippen LogP contribution in [0.1, 0.15) is 18.4 Å². The van der Waals surface area contributed by atoms with Gasteiger partial charge in [-0.25, -0.2) is 0 Å². The summed E-state index contributed by atoms with van der Waals surface area (Å²) in [5, 5.41) is 3.09. The molecule has 1 N–H and O–H groups in total. The van der Waals surface area contributed by atoms with Crippen LogP contribution in [0.25, 0.3) is 0 Å². The Morgan fingerprint density at radius 3 is 2.71 bits per heavy atom. The number of likely N-dealkylation sites (N-methyl/N-ethyl adjacent to an activating group) is 1. The van der Waals surface area contributed by atoms with Gasteiger partial charge >= 0.3 is 0 Å². The van der Waals surface area contributed by atoms with Gasteiger partial charge < -0.3 is 19.7 Å². The van der Waals surface area contributed by atoms with Crippen LogP contribution in [0.5, 0.6) is 11.5 Å². The fourth-order valence-electron chi connectivity index (χ4n) is 2.65. The molecule has 0 radical (unpaired) electrons. The first-order valence-electron chi connectivity index (χ1n) is 7.31. The third-order valence-corrected chi connectivity index (χ3v) is 3.85. The quantitative estimate of drug-likeness (QED) is 0.862. The zero-order valence-electron chi connectivity index (χ0n) is 13.0. The van der Waals surface area contributed by atoms with Crippen LogP contribution >= 0.6 is 0 Å². The van der Waals surface area contributed by atoms with Gasteiger partial charge in [0, 0.05) is 19.0 Å². The van der Waals surface area contributed by atoms with Gasteiger partial charge in [0.05, 0.1) is 14.2 Å². The summed E-state index contributed by atoms with van der Waals surface area (Å²) in [6, 6.07) is 6.07. The van der Waals surface area contributed by atoms with E-state index in [0.717, 1.165) is 25.1 Å². The van der Waals surface area contributed by atoms with Gasteiger partial charge in [0.25, 0.3) is 0 Å². The van der Waals surface area contributed by atoms with Crippen LogP contribution < -0.4 is 14.8 Å². The molecule has 0 saturated carbocycles. The SMILES string of the molecule is COc1ccc(CCC(=O)NC2CCN(C)C2)cc1OC. The molecule has 1 fully saturated rings. The monoisotopic (exact) mass is 292 g/mol. The van der Waals surface area contributed by atoms with Gasteiger partial charge in [0.1, 0.15) is 0 Å². The van der Waals surface area contributed by atoms with E-state index in [2.05, 4.69) is 17.3 Å². The Labute approximate surface area is 126 Å². The highest BCUT2D eigenvalue weighted by Crippen LogP contribution is 2.27. The molecule has 0 aromatic heterocycles. The Bertz CT molecular complexity index is 490. The third kappa shape index (κ3) is 4.36. The highest BCUT2D eigenvalue weighted by molar-refractivity contribution is 5.76. The number of carbonyl (C=O) groups excluding carboxylic acids is 1. The Balaban J connectivity index is 1.83. The van der Waals surface area contributed by atoms with E-state index >= 15 is 0 Å². The van der Waals surface area contributed by atoms with Gasteiger partial charge in [-0.15, -0.1) is 0 Å². The topological polar surface area (TPSA) is 50.8 Å². The van der Waals surface area contributed by atoms with E-state index in [-0.39, 0.29) is 5.91 Å². The number of aryl methyl sites for hydroxylation is 1. The summed E-state index contributed by atoms with van der Waals surface area (Å²) in [4.78, 5) is 14.2. The van der Waals surface area contributed by atoms with E-state index in [9.17, 15) is 4.79 Å². The number of nitrogens with one attached hydrogen (secondary N) is 1. The number of hydrogen-bond donors (Lipinski definition) is 1. The molecule has 2 rings (SSSR count). The van der Waals surface area contributed by atoms with Crippen LogP contribution in [-0.2, 0) is 11.2 Å². The number of carbonyl (C=O) groups is 1. The molecule has 21 heavy (non-hydrogen) atoms. The number of methoxy groups -OCH3 is 2. The van der Waals surface area contributed by atoms with E-state index in [1.807, 2.05) is 18.2 Å². The van der Waals surface area contributed by atoms with Gasteiger partial charge in [-0.1, -0.05) is 6.07 Å². The Hall–Kier alpha value is -1.75. The molecule has 1 unspecified atom stereocenters. The molecule has 1 heterocycles. The largest absolute Gasteiger partial charge is 0.493 e. The van der Waals surface area contributed by atoms with Gasteiger partial charge in [-0.2, -0.15) is 0 Å². The number of hydrogen-bond acceptors (Lipinski definition) is 4. The number of rotatable bonds is 6. The van der Waals surface area contributed by atoms with Crippen LogP contribution in [0.3, 0.4) is 0 Å². The number of nitrogens with zero attached hydrogens (tertiary/aromatic N) is 1. The lowest BCUT2D eigenvalue weighted by Crippen LogP contribution is -2.36. The lowest BCUT2D eigenvalue weighted by molar-refractivity contribution is -0.121. The maximum Gasteiger partial charge on any atom is 0.220 e. The molecule has 1 aliphatic rings. The highest BCUT2D eigenvalue weighted by Gasteiger charge is 2.20. The lowest BCUT2D eigenvalue weighted by Gasteiger charge is -2.13. The van der Waals surface area contributed by atoms with Gasteiger partial charge in [0.2, 0.25) is 5.91 Å². The molecule has 0 spiro atoms. The minimum atomic E-state index is 0.116. The molecule has 1 aromatic rings. The molecule has 1 aromatic carbocycles. The highest BCUT2D eigenvalue weighted by atomic mass is 16.5. The van der Waals surface area contributed by atoms with Gasteiger partial charge in [-0.3, -0.25) is 4.79 Å². The van der Waals surface area contributed by atoms with Crippen molar-refractivity contribution in [3.05, 3.63) is 23.8 Å². The first kappa shape index (κ1) is 15.6. The molecular formula is C16H24N2O3. The fourth-order valence-corrected chi connectivity index (χ4v) is 2.65. The average molecular weight is 292 g/mol. The zero-order chi connectivity index (χ0) is 15.2. The molecule has 1 saturated heterocycles. The van der Waals surface area contributed by atoms with Crippen molar-refractivity contribution in [1.82, 2.24) is 10.2 Å². The Kier molecular flexibility index (Phi) is 5.44. The standard InChI is InChI=1S/C16H24N2O3/c1-18-9-8-13(11-18)17-16(19)7-5-12-4-6-14(20-2)15(10-12)21-3/h4,6,10,13H,5,7-9,11H2,1-3H3,(H,17,19). The summed E-state index contributed by atoms with van der Waals surface area (Å²) < 4.78 is 10.5. The first-order chi connectivity index (χ1) is 10.1. The minimum absolute atomic E-state index is 0.116. The molecule has 0 aliphatic carbocycles. The van der Waals surface area contributed by atoms with Crippen LogP contribution in [0, 0.1) is 0 Å². The van der Waals surface area contributed by atoms with E-state index < -0.39 is 0 Å². The summed E-state index contributed by atoms with van der Waals surface area (Å²) >= 11 is 0.